The molecule has 1 aromatic carbocycles. The lowest BCUT2D eigenvalue weighted by atomic mass is 10.1. The number of nitro benzene ring substituents is 1. The minimum Gasteiger partial charge on any atom is -0.383 e. The molecule has 0 aromatic heterocycles. The molecule has 2 aliphatic rings. The summed E-state index contributed by atoms with van der Waals surface area (Å²) in [5.74, 6) is -0.221. The largest absolute Gasteiger partial charge is 0.383 e. The molecule has 0 aliphatic carbocycles. The van der Waals surface area contributed by atoms with Crippen molar-refractivity contribution >= 4 is 17.5 Å². The molecule has 0 bridgehead atoms. The van der Waals surface area contributed by atoms with E-state index in [-0.39, 0.29) is 30.2 Å². The first-order chi connectivity index (χ1) is 15.9. The van der Waals surface area contributed by atoms with Crippen molar-refractivity contribution in [1.82, 2.24) is 20.0 Å². The fraction of sp³-hybridized carbons (Fsp3) is 0.636. The number of piperazine rings is 1. The van der Waals surface area contributed by atoms with Crippen LogP contribution >= 0.6 is 0 Å². The van der Waals surface area contributed by atoms with E-state index in [2.05, 4.69) is 10.2 Å². The average Bonchev–Trinajstić information content (AvgIpc) is 3.28. The first kappa shape index (κ1) is 25.0. The number of amides is 2. The fourth-order valence-corrected chi connectivity index (χ4v) is 4.45. The van der Waals surface area contributed by atoms with Crippen LogP contribution in [0, 0.1) is 10.1 Å². The zero-order valence-corrected chi connectivity index (χ0v) is 19.3. The molecule has 182 valence electrons. The maximum atomic E-state index is 13.3. The minimum absolute atomic E-state index is 0.0227. The van der Waals surface area contributed by atoms with E-state index in [1.54, 1.807) is 24.1 Å². The molecule has 2 atom stereocenters. The molecule has 1 N–H and O–H groups in total. The summed E-state index contributed by atoms with van der Waals surface area (Å²) < 4.78 is 10.4. The van der Waals surface area contributed by atoms with Crippen molar-refractivity contribution in [1.29, 1.82) is 0 Å². The topological polar surface area (TPSA) is 117 Å². The molecule has 2 unspecified atom stereocenters. The Balaban J connectivity index is 1.77. The predicted octanol–water partition coefficient (Wildman–Crippen LogP) is 0.0909. The van der Waals surface area contributed by atoms with Gasteiger partial charge in [0.2, 0.25) is 11.8 Å². The van der Waals surface area contributed by atoms with Crippen LogP contribution in [0.1, 0.15) is 12.0 Å². The van der Waals surface area contributed by atoms with E-state index in [1.807, 2.05) is 4.90 Å². The Morgan fingerprint density at radius 3 is 2.48 bits per heavy atom. The molecular weight excluding hydrogens is 430 g/mol. The summed E-state index contributed by atoms with van der Waals surface area (Å²) in [5, 5.41) is 14.2. The second kappa shape index (κ2) is 12.0. The molecule has 0 radical (unpaired) electrons. The molecule has 0 saturated carbocycles. The highest BCUT2D eigenvalue weighted by Crippen LogP contribution is 2.26. The Morgan fingerprint density at radius 2 is 1.88 bits per heavy atom. The van der Waals surface area contributed by atoms with Gasteiger partial charge in [0.15, 0.2) is 0 Å². The van der Waals surface area contributed by atoms with Crippen molar-refractivity contribution in [3.8, 4) is 0 Å². The first-order valence-electron chi connectivity index (χ1n) is 11.2. The van der Waals surface area contributed by atoms with Gasteiger partial charge in [-0.1, -0.05) is 12.1 Å². The number of ether oxygens (including phenoxy) is 2. The Labute approximate surface area is 193 Å². The van der Waals surface area contributed by atoms with E-state index >= 15 is 0 Å². The molecule has 2 amide bonds. The van der Waals surface area contributed by atoms with Gasteiger partial charge in [-0.15, -0.1) is 0 Å². The van der Waals surface area contributed by atoms with Gasteiger partial charge in [-0.2, -0.15) is 0 Å². The molecule has 11 heteroatoms. The minimum atomic E-state index is -0.530. The Kier molecular flexibility index (Phi) is 9.12. The maximum absolute atomic E-state index is 13.3. The summed E-state index contributed by atoms with van der Waals surface area (Å²) in [6.07, 6.45) is 0.523. The standard InChI is InChI=1S/C22H33N5O6/c1-32-12-11-25(14-17-3-5-18(6-4-17)27(30)31)19-13-20(26(15-19)21(28)16-33-2)22(29)24-9-7-23-8-10-24/h3-6,19-20,23H,7-16H2,1-2H3. The third kappa shape index (κ3) is 6.47. The number of nitro groups is 1. The van der Waals surface area contributed by atoms with E-state index in [4.69, 9.17) is 9.47 Å². The van der Waals surface area contributed by atoms with Gasteiger partial charge in [0.05, 0.1) is 11.5 Å². The molecule has 2 heterocycles. The van der Waals surface area contributed by atoms with Crippen LogP contribution in [0.4, 0.5) is 5.69 Å². The van der Waals surface area contributed by atoms with Crippen molar-refractivity contribution in [3.63, 3.8) is 0 Å². The van der Waals surface area contributed by atoms with Crippen LogP contribution in [0.2, 0.25) is 0 Å². The summed E-state index contributed by atoms with van der Waals surface area (Å²) in [7, 11) is 3.10. The van der Waals surface area contributed by atoms with Gasteiger partial charge in [-0.3, -0.25) is 24.6 Å². The van der Waals surface area contributed by atoms with Gasteiger partial charge in [0, 0.05) is 78.2 Å². The van der Waals surface area contributed by atoms with Crippen LogP contribution in [-0.4, -0.2) is 110 Å². The van der Waals surface area contributed by atoms with Gasteiger partial charge >= 0.3 is 0 Å². The molecule has 2 aliphatic heterocycles. The molecular formula is C22H33N5O6. The summed E-state index contributed by atoms with van der Waals surface area (Å²) in [5.41, 5.74) is 0.962. The zero-order valence-electron chi connectivity index (χ0n) is 19.3. The van der Waals surface area contributed by atoms with Crippen LogP contribution in [0.15, 0.2) is 24.3 Å². The van der Waals surface area contributed by atoms with Crippen molar-refractivity contribution in [2.45, 2.75) is 25.0 Å². The third-order valence-corrected chi connectivity index (χ3v) is 6.21. The number of rotatable bonds is 10. The highest BCUT2D eigenvalue weighted by atomic mass is 16.6. The number of carbonyl (C=O) groups is 2. The summed E-state index contributed by atoms with van der Waals surface area (Å²) in [4.78, 5) is 42.3. The number of non-ortho nitro benzene ring substituents is 1. The number of methoxy groups -OCH3 is 2. The highest BCUT2D eigenvalue weighted by molar-refractivity contribution is 5.89. The van der Waals surface area contributed by atoms with Gasteiger partial charge in [-0.05, 0) is 12.0 Å². The zero-order chi connectivity index (χ0) is 23.8. The van der Waals surface area contributed by atoms with Gasteiger partial charge in [0.1, 0.15) is 12.6 Å². The molecule has 1 aromatic rings. The third-order valence-electron chi connectivity index (χ3n) is 6.21. The molecule has 0 spiro atoms. The number of benzene rings is 1. The van der Waals surface area contributed by atoms with E-state index in [0.717, 1.165) is 18.7 Å². The lowest BCUT2D eigenvalue weighted by Crippen LogP contribution is -2.53. The number of nitrogens with zero attached hydrogens (tertiary/aromatic N) is 4. The summed E-state index contributed by atoms with van der Waals surface area (Å²) >= 11 is 0. The average molecular weight is 464 g/mol. The number of hydrogen-bond acceptors (Lipinski definition) is 8. The lowest BCUT2D eigenvalue weighted by molar-refractivity contribution is -0.384. The Bertz CT molecular complexity index is 814. The van der Waals surface area contributed by atoms with Crippen molar-refractivity contribution in [2.75, 3.05) is 66.7 Å². The Hall–Kier alpha value is -2.60. The van der Waals surface area contributed by atoms with Gasteiger partial charge in [-0.25, -0.2) is 0 Å². The Morgan fingerprint density at radius 1 is 1.18 bits per heavy atom. The predicted molar refractivity (Wildman–Crippen MR) is 121 cm³/mol. The highest BCUT2D eigenvalue weighted by Gasteiger charge is 2.43. The van der Waals surface area contributed by atoms with Crippen LogP contribution in [0.25, 0.3) is 0 Å². The summed E-state index contributed by atoms with van der Waals surface area (Å²) in [6, 6.07) is 5.88. The molecule has 11 nitrogen and oxygen atoms in total. The van der Waals surface area contributed by atoms with Crippen molar-refractivity contribution in [3.05, 3.63) is 39.9 Å². The number of hydrogen-bond donors (Lipinski definition) is 1. The van der Waals surface area contributed by atoms with Crippen molar-refractivity contribution < 1.29 is 24.0 Å². The van der Waals surface area contributed by atoms with E-state index < -0.39 is 11.0 Å². The molecule has 2 fully saturated rings. The van der Waals surface area contributed by atoms with Gasteiger partial charge in [0.25, 0.3) is 5.69 Å². The lowest BCUT2D eigenvalue weighted by Gasteiger charge is -2.32. The second-order valence-corrected chi connectivity index (χ2v) is 8.35. The SMILES string of the molecule is COCCN(Cc1ccc([N+](=O)[O-])cc1)C1CC(C(=O)N2CCNCC2)N(C(=O)COC)C1. The maximum Gasteiger partial charge on any atom is 0.269 e. The molecule has 33 heavy (non-hydrogen) atoms. The van der Waals surface area contributed by atoms with Crippen LogP contribution < -0.4 is 5.32 Å². The van der Waals surface area contributed by atoms with E-state index in [1.165, 1.54) is 19.2 Å². The van der Waals surface area contributed by atoms with E-state index in [9.17, 15) is 19.7 Å². The number of carbonyl (C=O) groups excluding carboxylic acids is 2. The van der Waals surface area contributed by atoms with Crippen LogP contribution in [-0.2, 0) is 25.6 Å². The second-order valence-electron chi connectivity index (χ2n) is 8.35. The fourth-order valence-electron chi connectivity index (χ4n) is 4.45. The smallest absolute Gasteiger partial charge is 0.269 e. The summed E-state index contributed by atoms with van der Waals surface area (Å²) in [6.45, 7) is 4.73. The number of nitrogens with one attached hydrogen (secondary N) is 1. The van der Waals surface area contributed by atoms with Gasteiger partial charge < -0.3 is 24.6 Å². The quantitative estimate of drug-likeness (QED) is 0.383. The normalized spacial score (nSPS) is 20.9. The van der Waals surface area contributed by atoms with Crippen LogP contribution in [0.5, 0.6) is 0 Å². The van der Waals surface area contributed by atoms with Crippen LogP contribution in [0.3, 0.4) is 0 Å². The van der Waals surface area contributed by atoms with E-state index in [0.29, 0.717) is 45.8 Å². The molecule has 3 rings (SSSR count). The number of likely N-dealkylation sites (tertiary alicyclic amines) is 1. The molecule has 2 saturated heterocycles. The monoisotopic (exact) mass is 463 g/mol. The van der Waals surface area contributed by atoms with Crippen molar-refractivity contribution in [2.24, 2.45) is 0 Å². The first-order valence-corrected chi connectivity index (χ1v) is 11.2.